The topological polar surface area (TPSA) is 43.8 Å². The SMILES string of the molecule is CCn1ccnc1C(N)C1(c2ccccc2)CCCCC1. The number of nitrogens with zero attached hydrogens (tertiary/aromatic N) is 2. The normalized spacial score (nSPS) is 19.3. The Morgan fingerprint density at radius 1 is 1.19 bits per heavy atom. The van der Waals surface area contributed by atoms with E-state index in [0.717, 1.165) is 25.2 Å². The van der Waals surface area contributed by atoms with Gasteiger partial charge in [-0.3, -0.25) is 0 Å². The molecule has 1 aliphatic rings. The molecule has 0 aliphatic heterocycles. The van der Waals surface area contributed by atoms with Crippen molar-refractivity contribution in [2.45, 2.75) is 57.0 Å². The van der Waals surface area contributed by atoms with Crippen LogP contribution in [0.15, 0.2) is 42.7 Å². The Balaban J connectivity index is 2.03. The summed E-state index contributed by atoms with van der Waals surface area (Å²) in [7, 11) is 0. The molecule has 0 amide bonds. The largest absolute Gasteiger partial charge is 0.334 e. The summed E-state index contributed by atoms with van der Waals surface area (Å²) in [5.74, 6) is 1.03. The average Bonchev–Trinajstić information content (AvgIpc) is 3.04. The van der Waals surface area contributed by atoms with Crippen LogP contribution in [0.25, 0.3) is 0 Å². The number of imidazole rings is 1. The van der Waals surface area contributed by atoms with Crippen molar-refractivity contribution in [2.24, 2.45) is 5.73 Å². The summed E-state index contributed by atoms with van der Waals surface area (Å²) in [6, 6.07) is 10.8. The minimum absolute atomic E-state index is 0.0323. The molecule has 3 rings (SSSR count). The van der Waals surface area contributed by atoms with Gasteiger partial charge in [0.15, 0.2) is 0 Å². The molecule has 1 aromatic carbocycles. The second-order valence-electron chi connectivity index (χ2n) is 6.13. The van der Waals surface area contributed by atoms with Crippen LogP contribution >= 0.6 is 0 Å². The summed E-state index contributed by atoms with van der Waals surface area (Å²) in [6.45, 7) is 3.07. The van der Waals surface area contributed by atoms with Gasteiger partial charge in [-0.25, -0.2) is 4.98 Å². The van der Waals surface area contributed by atoms with Crippen LogP contribution in [0.4, 0.5) is 0 Å². The summed E-state index contributed by atoms with van der Waals surface area (Å²) in [5.41, 5.74) is 8.19. The molecule has 1 unspecified atom stereocenters. The number of hydrogen-bond donors (Lipinski definition) is 1. The van der Waals surface area contributed by atoms with Crippen molar-refractivity contribution in [1.82, 2.24) is 9.55 Å². The van der Waals surface area contributed by atoms with E-state index >= 15 is 0 Å². The maximum Gasteiger partial charge on any atom is 0.126 e. The van der Waals surface area contributed by atoms with Crippen molar-refractivity contribution in [1.29, 1.82) is 0 Å². The Morgan fingerprint density at radius 3 is 2.57 bits per heavy atom. The van der Waals surface area contributed by atoms with Crippen LogP contribution in [0.1, 0.15) is 56.5 Å². The number of benzene rings is 1. The van der Waals surface area contributed by atoms with E-state index in [4.69, 9.17) is 5.73 Å². The average molecular weight is 283 g/mol. The standard InChI is InChI=1S/C18H25N3/c1-2-21-14-13-20-17(21)16(19)18(11-7-4-8-12-18)15-9-5-3-6-10-15/h3,5-6,9-10,13-14,16H,2,4,7-8,11-12,19H2,1H3. The minimum atomic E-state index is -0.0323. The maximum absolute atomic E-state index is 6.77. The van der Waals surface area contributed by atoms with Crippen molar-refractivity contribution in [3.05, 3.63) is 54.1 Å². The number of aromatic nitrogens is 2. The molecule has 2 N–H and O–H groups in total. The fourth-order valence-corrected chi connectivity index (χ4v) is 3.85. The molecule has 1 heterocycles. The van der Waals surface area contributed by atoms with Gasteiger partial charge in [-0.15, -0.1) is 0 Å². The van der Waals surface area contributed by atoms with Gasteiger partial charge in [-0.2, -0.15) is 0 Å². The quantitative estimate of drug-likeness (QED) is 0.927. The Kier molecular flexibility index (Phi) is 4.11. The van der Waals surface area contributed by atoms with Gasteiger partial charge in [0.1, 0.15) is 5.82 Å². The van der Waals surface area contributed by atoms with Crippen molar-refractivity contribution < 1.29 is 0 Å². The van der Waals surface area contributed by atoms with E-state index in [1.807, 2.05) is 12.4 Å². The van der Waals surface area contributed by atoms with Crippen molar-refractivity contribution in [2.75, 3.05) is 0 Å². The molecule has 1 fully saturated rings. The molecule has 1 aromatic heterocycles. The van der Waals surface area contributed by atoms with E-state index < -0.39 is 0 Å². The molecule has 1 atom stereocenters. The maximum atomic E-state index is 6.77. The predicted octanol–water partition coefficient (Wildman–Crippen LogP) is 3.80. The lowest BCUT2D eigenvalue weighted by molar-refractivity contribution is 0.234. The van der Waals surface area contributed by atoms with Gasteiger partial charge in [0, 0.05) is 24.4 Å². The fourth-order valence-electron chi connectivity index (χ4n) is 3.85. The molecule has 1 saturated carbocycles. The number of nitrogens with two attached hydrogens (primary N) is 1. The van der Waals surface area contributed by atoms with E-state index in [0.29, 0.717) is 0 Å². The van der Waals surface area contributed by atoms with Crippen molar-refractivity contribution in [3.63, 3.8) is 0 Å². The molecule has 3 nitrogen and oxygen atoms in total. The monoisotopic (exact) mass is 283 g/mol. The fraction of sp³-hybridized carbons (Fsp3) is 0.500. The zero-order valence-corrected chi connectivity index (χ0v) is 12.8. The zero-order valence-electron chi connectivity index (χ0n) is 12.8. The second kappa shape index (κ2) is 6.02. The third kappa shape index (κ3) is 2.51. The Labute approximate surface area is 127 Å². The molecule has 2 aromatic rings. The lowest BCUT2D eigenvalue weighted by Gasteiger charge is -2.42. The summed E-state index contributed by atoms with van der Waals surface area (Å²) < 4.78 is 2.18. The van der Waals surface area contributed by atoms with Crippen molar-refractivity contribution in [3.8, 4) is 0 Å². The first-order valence-corrected chi connectivity index (χ1v) is 8.10. The van der Waals surface area contributed by atoms with Crippen LogP contribution in [0.3, 0.4) is 0 Å². The molecular weight excluding hydrogens is 258 g/mol. The van der Waals surface area contributed by atoms with Crippen molar-refractivity contribution >= 4 is 0 Å². The molecule has 0 saturated heterocycles. The van der Waals surface area contributed by atoms with Gasteiger partial charge < -0.3 is 10.3 Å². The van der Waals surface area contributed by atoms with E-state index in [1.165, 1.54) is 24.8 Å². The highest BCUT2D eigenvalue weighted by Gasteiger charge is 2.41. The third-order valence-corrected chi connectivity index (χ3v) is 5.06. The predicted molar refractivity (Wildman–Crippen MR) is 86.0 cm³/mol. The Hall–Kier alpha value is -1.61. The highest BCUT2D eigenvalue weighted by molar-refractivity contribution is 5.30. The third-order valence-electron chi connectivity index (χ3n) is 5.06. The van der Waals surface area contributed by atoms with Gasteiger partial charge in [0.05, 0.1) is 6.04 Å². The smallest absolute Gasteiger partial charge is 0.126 e. The Bertz CT molecular complexity index is 567. The molecule has 112 valence electrons. The lowest BCUT2D eigenvalue weighted by atomic mass is 9.65. The lowest BCUT2D eigenvalue weighted by Crippen LogP contribution is -2.41. The van der Waals surface area contributed by atoms with E-state index in [9.17, 15) is 0 Å². The number of rotatable bonds is 4. The van der Waals surface area contributed by atoms with Crippen LogP contribution in [-0.2, 0) is 12.0 Å². The highest BCUT2D eigenvalue weighted by Crippen LogP contribution is 2.46. The van der Waals surface area contributed by atoms with Gasteiger partial charge in [0.25, 0.3) is 0 Å². The van der Waals surface area contributed by atoms with Gasteiger partial charge in [-0.1, -0.05) is 49.6 Å². The number of aryl methyl sites for hydroxylation is 1. The highest BCUT2D eigenvalue weighted by atomic mass is 15.1. The first-order valence-electron chi connectivity index (χ1n) is 8.10. The van der Waals surface area contributed by atoms with Crippen LogP contribution in [0.5, 0.6) is 0 Å². The molecule has 3 heteroatoms. The molecule has 1 aliphatic carbocycles. The van der Waals surface area contributed by atoms with E-state index in [1.54, 1.807) is 0 Å². The first-order chi connectivity index (χ1) is 10.3. The first kappa shape index (κ1) is 14.3. The van der Waals surface area contributed by atoms with Gasteiger partial charge >= 0.3 is 0 Å². The van der Waals surface area contributed by atoms with Gasteiger partial charge in [0.2, 0.25) is 0 Å². The molecule has 21 heavy (non-hydrogen) atoms. The minimum Gasteiger partial charge on any atom is -0.334 e. The van der Waals surface area contributed by atoms with Crippen LogP contribution in [-0.4, -0.2) is 9.55 Å². The Morgan fingerprint density at radius 2 is 1.90 bits per heavy atom. The summed E-state index contributed by atoms with van der Waals surface area (Å²) in [6.07, 6.45) is 10.1. The van der Waals surface area contributed by atoms with E-state index in [2.05, 4.69) is 46.8 Å². The zero-order chi connectivity index (χ0) is 14.7. The van der Waals surface area contributed by atoms with Crippen LogP contribution in [0, 0.1) is 0 Å². The summed E-state index contributed by atoms with van der Waals surface area (Å²) in [4.78, 5) is 4.57. The molecule has 0 radical (unpaired) electrons. The molecular formula is C18H25N3. The molecule has 0 bridgehead atoms. The van der Waals surface area contributed by atoms with Crippen LogP contribution < -0.4 is 5.73 Å². The summed E-state index contributed by atoms with van der Waals surface area (Å²) >= 11 is 0. The van der Waals surface area contributed by atoms with Gasteiger partial charge in [-0.05, 0) is 25.3 Å². The number of hydrogen-bond acceptors (Lipinski definition) is 2. The second-order valence-corrected chi connectivity index (χ2v) is 6.13. The van der Waals surface area contributed by atoms with E-state index in [-0.39, 0.29) is 11.5 Å². The summed E-state index contributed by atoms with van der Waals surface area (Å²) in [5, 5.41) is 0. The van der Waals surface area contributed by atoms with Crippen LogP contribution in [0.2, 0.25) is 0 Å². The molecule has 0 spiro atoms.